The van der Waals surface area contributed by atoms with E-state index < -0.39 is 0 Å². The molecule has 1 unspecified atom stereocenters. The van der Waals surface area contributed by atoms with Crippen molar-refractivity contribution in [2.75, 3.05) is 32.8 Å². The number of nitrogens with one attached hydrogen (secondary N) is 1. The second-order valence-electron chi connectivity index (χ2n) is 3.86. The Hall–Kier alpha value is -0.610. The van der Waals surface area contributed by atoms with Crippen LogP contribution >= 0.6 is 0 Å². The number of aliphatic hydroxyl groups excluding tert-OH is 1. The Morgan fingerprint density at radius 1 is 1.64 bits per heavy atom. The van der Waals surface area contributed by atoms with Crippen molar-refractivity contribution in [2.24, 2.45) is 5.92 Å². The van der Waals surface area contributed by atoms with Crippen LogP contribution in [-0.2, 0) is 4.79 Å². The minimum absolute atomic E-state index is 0.108. The van der Waals surface area contributed by atoms with E-state index in [1.807, 2.05) is 6.92 Å². The minimum atomic E-state index is 0.108. The molecule has 1 rings (SSSR count). The Kier molecular flexibility index (Phi) is 4.90. The first-order valence-corrected chi connectivity index (χ1v) is 5.36. The number of aliphatic hydroxyl groups is 1. The molecule has 1 fully saturated rings. The highest BCUT2D eigenvalue weighted by Crippen LogP contribution is 2.18. The maximum Gasteiger partial charge on any atom is 0.234 e. The van der Waals surface area contributed by atoms with Crippen LogP contribution in [0.3, 0.4) is 0 Å². The standard InChI is InChI=1S/C10H20N2O2/c1-2-11-10(14)8-12-5-3-9(7-12)4-6-13/h9,13H,2-8H2,1H3,(H,11,14). The van der Waals surface area contributed by atoms with Crippen molar-refractivity contribution in [1.82, 2.24) is 10.2 Å². The zero-order valence-corrected chi connectivity index (χ0v) is 8.83. The number of nitrogens with zero attached hydrogens (tertiary/aromatic N) is 1. The molecule has 1 saturated heterocycles. The van der Waals surface area contributed by atoms with E-state index in [1.165, 1.54) is 0 Å². The van der Waals surface area contributed by atoms with Gasteiger partial charge >= 0.3 is 0 Å². The second kappa shape index (κ2) is 5.98. The predicted molar refractivity (Wildman–Crippen MR) is 54.9 cm³/mol. The number of amides is 1. The van der Waals surface area contributed by atoms with E-state index in [0.717, 1.165) is 25.9 Å². The zero-order chi connectivity index (χ0) is 10.4. The molecule has 82 valence electrons. The summed E-state index contributed by atoms with van der Waals surface area (Å²) >= 11 is 0. The number of likely N-dealkylation sites (tertiary alicyclic amines) is 1. The lowest BCUT2D eigenvalue weighted by Crippen LogP contribution is -2.35. The van der Waals surface area contributed by atoms with Gasteiger partial charge in [-0.05, 0) is 32.2 Å². The number of rotatable bonds is 5. The van der Waals surface area contributed by atoms with Crippen molar-refractivity contribution in [3.05, 3.63) is 0 Å². The van der Waals surface area contributed by atoms with Crippen LogP contribution in [0.2, 0.25) is 0 Å². The minimum Gasteiger partial charge on any atom is -0.396 e. The number of carbonyl (C=O) groups is 1. The summed E-state index contributed by atoms with van der Waals surface area (Å²) in [6, 6.07) is 0. The first-order valence-electron chi connectivity index (χ1n) is 5.36. The fraction of sp³-hybridized carbons (Fsp3) is 0.900. The Balaban J connectivity index is 2.18. The van der Waals surface area contributed by atoms with E-state index in [9.17, 15) is 4.79 Å². The molecule has 0 radical (unpaired) electrons. The van der Waals surface area contributed by atoms with Gasteiger partial charge in [0.2, 0.25) is 5.91 Å². The lowest BCUT2D eigenvalue weighted by Gasteiger charge is -2.14. The second-order valence-corrected chi connectivity index (χ2v) is 3.86. The van der Waals surface area contributed by atoms with Crippen molar-refractivity contribution in [2.45, 2.75) is 19.8 Å². The number of hydrogen-bond donors (Lipinski definition) is 2. The Morgan fingerprint density at radius 3 is 3.07 bits per heavy atom. The molecule has 0 spiro atoms. The summed E-state index contributed by atoms with van der Waals surface area (Å²) in [6.45, 7) is 5.35. The Bertz CT molecular complexity index is 185. The van der Waals surface area contributed by atoms with Gasteiger partial charge in [-0.3, -0.25) is 9.69 Å². The molecule has 1 aliphatic heterocycles. The summed E-state index contributed by atoms with van der Waals surface area (Å²) in [4.78, 5) is 13.4. The van der Waals surface area contributed by atoms with Gasteiger partial charge in [0.05, 0.1) is 6.54 Å². The van der Waals surface area contributed by atoms with Crippen LogP contribution in [0.25, 0.3) is 0 Å². The average Bonchev–Trinajstić information content (AvgIpc) is 2.53. The Morgan fingerprint density at radius 2 is 2.43 bits per heavy atom. The van der Waals surface area contributed by atoms with Crippen LogP contribution < -0.4 is 5.32 Å². The van der Waals surface area contributed by atoms with Crippen molar-refractivity contribution >= 4 is 5.91 Å². The van der Waals surface area contributed by atoms with Gasteiger partial charge < -0.3 is 10.4 Å². The van der Waals surface area contributed by atoms with Crippen molar-refractivity contribution < 1.29 is 9.90 Å². The molecule has 2 N–H and O–H groups in total. The van der Waals surface area contributed by atoms with E-state index in [-0.39, 0.29) is 12.5 Å². The highest BCUT2D eigenvalue weighted by Gasteiger charge is 2.22. The highest BCUT2D eigenvalue weighted by molar-refractivity contribution is 5.77. The van der Waals surface area contributed by atoms with Crippen LogP contribution in [0.5, 0.6) is 0 Å². The van der Waals surface area contributed by atoms with Gasteiger partial charge in [-0.25, -0.2) is 0 Å². The summed E-state index contributed by atoms with van der Waals surface area (Å²) in [5.74, 6) is 0.687. The molecule has 0 aliphatic carbocycles. The molecule has 1 heterocycles. The lowest BCUT2D eigenvalue weighted by atomic mass is 10.1. The van der Waals surface area contributed by atoms with Crippen molar-refractivity contribution in [1.29, 1.82) is 0 Å². The smallest absolute Gasteiger partial charge is 0.234 e. The van der Waals surface area contributed by atoms with E-state index in [4.69, 9.17) is 5.11 Å². The SMILES string of the molecule is CCNC(=O)CN1CCC(CCO)C1. The third kappa shape index (κ3) is 3.64. The number of carbonyl (C=O) groups excluding carboxylic acids is 1. The molecule has 0 bridgehead atoms. The van der Waals surface area contributed by atoms with Gasteiger partial charge in [-0.1, -0.05) is 0 Å². The molecule has 0 aromatic rings. The van der Waals surface area contributed by atoms with Gasteiger partial charge in [-0.2, -0.15) is 0 Å². The summed E-state index contributed by atoms with van der Waals surface area (Å²) in [5.41, 5.74) is 0. The molecular weight excluding hydrogens is 180 g/mol. The first-order chi connectivity index (χ1) is 6.76. The lowest BCUT2D eigenvalue weighted by molar-refractivity contribution is -0.121. The molecule has 14 heavy (non-hydrogen) atoms. The topological polar surface area (TPSA) is 52.6 Å². The van der Waals surface area contributed by atoms with Crippen LogP contribution in [-0.4, -0.2) is 48.7 Å². The highest BCUT2D eigenvalue weighted by atomic mass is 16.3. The maximum atomic E-state index is 11.3. The van der Waals surface area contributed by atoms with Crippen LogP contribution in [0.15, 0.2) is 0 Å². The molecule has 4 nitrogen and oxygen atoms in total. The summed E-state index contributed by atoms with van der Waals surface area (Å²) < 4.78 is 0. The normalized spacial score (nSPS) is 22.6. The van der Waals surface area contributed by atoms with Gasteiger partial charge in [0.25, 0.3) is 0 Å². The van der Waals surface area contributed by atoms with Gasteiger partial charge in [-0.15, -0.1) is 0 Å². The number of likely N-dealkylation sites (N-methyl/N-ethyl adjacent to an activating group) is 1. The Labute approximate surface area is 85.3 Å². The fourth-order valence-electron chi connectivity index (χ4n) is 1.93. The summed E-state index contributed by atoms with van der Waals surface area (Å²) in [7, 11) is 0. The van der Waals surface area contributed by atoms with E-state index in [0.29, 0.717) is 19.0 Å². The zero-order valence-electron chi connectivity index (χ0n) is 8.83. The maximum absolute atomic E-state index is 11.3. The summed E-state index contributed by atoms with van der Waals surface area (Å²) in [5, 5.41) is 11.6. The number of hydrogen-bond acceptors (Lipinski definition) is 3. The molecule has 1 aliphatic rings. The molecule has 0 aromatic heterocycles. The van der Waals surface area contributed by atoms with Gasteiger partial charge in [0.1, 0.15) is 0 Å². The van der Waals surface area contributed by atoms with Gasteiger partial charge in [0, 0.05) is 19.7 Å². The van der Waals surface area contributed by atoms with Crippen LogP contribution in [0.1, 0.15) is 19.8 Å². The van der Waals surface area contributed by atoms with E-state index in [2.05, 4.69) is 10.2 Å². The van der Waals surface area contributed by atoms with Crippen LogP contribution in [0.4, 0.5) is 0 Å². The third-order valence-electron chi connectivity index (χ3n) is 2.65. The molecule has 1 amide bonds. The van der Waals surface area contributed by atoms with Crippen molar-refractivity contribution in [3.8, 4) is 0 Å². The van der Waals surface area contributed by atoms with Crippen molar-refractivity contribution in [3.63, 3.8) is 0 Å². The molecule has 0 saturated carbocycles. The monoisotopic (exact) mass is 200 g/mol. The molecule has 1 atom stereocenters. The average molecular weight is 200 g/mol. The fourth-order valence-corrected chi connectivity index (χ4v) is 1.93. The summed E-state index contributed by atoms with van der Waals surface area (Å²) in [6.07, 6.45) is 1.98. The quantitative estimate of drug-likeness (QED) is 0.647. The van der Waals surface area contributed by atoms with E-state index in [1.54, 1.807) is 0 Å². The van der Waals surface area contributed by atoms with Gasteiger partial charge in [0.15, 0.2) is 0 Å². The largest absolute Gasteiger partial charge is 0.396 e. The third-order valence-corrected chi connectivity index (χ3v) is 2.65. The predicted octanol–water partition coefficient (Wildman–Crippen LogP) is -0.173. The van der Waals surface area contributed by atoms with Crippen LogP contribution in [0, 0.1) is 5.92 Å². The molecule has 4 heteroatoms. The molecule has 0 aromatic carbocycles. The molecular formula is C10H20N2O2. The first kappa shape index (κ1) is 11.5. The van der Waals surface area contributed by atoms with E-state index >= 15 is 0 Å².